The van der Waals surface area contributed by atoms with E-state index >= 15 is 0 Å². The number of nitrogens with zero attached hydrogens (tertiary/aromatic N) is 1. The maximum Gasteiger partial charge on any atom is 0.165 e. The number of halogens is 1. The van der Waals surface area contributed by atoms with E-state index in [0.717, 1.165) is 12.1 Å². The second-order valence-corrected chi connectivity index (χ2v) is 4.16. The van der Waals surface area contributed by atoms with E-state index in [2.05, 4.69) is 0 Å². The summed E-state index contributed by atoms with van der Waals surface area (Å²) in [6, 6.07) is 7.39. The largest absolute Gasteiger partial charge is 0.324 e. The summed E-state index contributed by atoms with van der Waals surface area (Å²) in [5.74, 6) is 5.89. The van der Waals surface area contributed by atoms with Crippen LogP contribution in [0, 0.1) is 0 Å². The van der Waals surface area contributed by atoms with Crippen molar-refractivity contribution < 1.29 is 9.47 Å². The predicted molar refractivity (Wildman–Crippen MR) is 63.0 cm³/mol. The molecule has 1 heterocycles. The SMILES string of the molecule is CC1OC(CCN(N)c2ccc(Cl)cc2)O1. The third-order valence-electron chi connectivity index (χ3n) is 2.45. The van der Waals surface area contributed by atoms with Gasteiger partial charge in [-0.1, -0.05) is 11.6 Å². The molecule has 2 N–H and O–H groups in total. The van der Waals surface area contributed by atoms with E-state index in [1.165, 1.54) is 0 Å². The minimum atomic E-state index is -0.117. The van der Waals surface area contributed by atoms with Crippen LogP contribution in [0.4, 0.5) is 5.69 Å². The van der Waals surface area contributed by atoms with Crippen LogP contribution >= 0.6 is 11.6 Å². The van der Waals surface area contributed by atoms with Gasteiger partial charge in [0.1, 0.15) is 0 Å². The summed E-state index contributed by atoms with van der Waals surface area (Å²) in [5, 5.41) is 2.36. The van der Waals surface area contributed by atoms with E-state index in [-0.39, 0.29) is 12.6 Å². The molecular weight excluding hydrogens is 228 g/mol. The number of hydrazine groups is 1. The van der Waals surface area contributed by atoms with Crippen LogP contribution in [0.15, 0.2) is 24.3 Å². The summed E-state index contributed by atoms with van der Waals surface area (Å²) in [6.07, 6.45) is 0.559. The molecule has 0 atom stereocenters. The average molecular weight is 243 g/mol. The Kier molecular flexibility index (Phi) is 3.66. The summed E-state index contributed by atoms with van der Waals surface area (Å²) in [5.41, 5.74) is 0.928. The smallest absolute Gasteiger partial charge is 0.165 e. The molecule has 1 fully saturated rings. The Balaban J connectivity index is 1.79. The fourth-order valence-corrected chi connectivity index (χ4v) is 1.71. The van der Waals surface area contributed by atoms with Gasteiger partial charge in [0, 0.05) is 18.0 Å². The third-order valence-corrected chi connectivity index (χ3v) is 2.70. The lowest BCUT2D eigenvalue weighted by Gasteiger charge is -2.34. The number of rotatable bonds is 4. The van der Waals surface area contributed by atoms with E-state index < -0.39 is 0 Å². The zero-order valence-electron chi connectivity index (χ0n) is 9.10. The van der Waals surface area contributed by atoms with Gasteiger partial charge in [0.05, 0.1) is 5.69 Å². The normalized spacial score (nSPS) is 23.9. The molecule has 1 saturated heterocycles. The number of ether oxygens (including phenoxy) is 2. The fraction of sp³-hybridized carbons (Fsp3) is 0.455. The van der Waals surface area contributed by atoms with Gasteiger partial charge in [-0.25, -0.2) is 5.84 Å². The van der Waals surface area contributed by atoms with Crippen molar-refractivity contribution in [2.45, 2.75) is 25.9 Å². The van der Waals surface area contributed by atoms with Crippen LogP contribution in [-0.4, -0.2) is 19.1 Å². The fourth-order valence-electron chi connectivity index (χ4n) is 1.58. The van der Waals surface area contributed by atoms with Gasteiger partial charge in [0.15, 0.2) is 12.6 Å². The summed E-state index contributed by atoms with van der Waals surface area (Å²) >= 11 is 5.79. The molecular formula is C11H15ClN2O2. The molecule has 0 aliphatic carbocycles. The molecule has 0 aromatic heterocycles. The van der Waals surface area contributed by atoms with Crippen LogP contribution in [-0.2, 0) is 9.47 Å². The Morgan fingerprint density at radius 2 is 1.94 bits per heavy atom. The second-order valence-electron chi connectivity index (χ2n) is 3.73. The Hall–Kier alpha value is -0.810. The van der Waals surface area contributed by atoms with E-state index in [0.29, 0.717) is 11.6 Å². The lowest BCUT2D eigenvalue weighted by atomic mass is 10.3. The average Bonchev–Trinajstić information content (AvgIpc) is 2.23. The highest BCUT2D eigenvalue weighted by molar-refractivity contribution is 6.30. The quantitative estimate of drug-likeness (QED) is 0.649. The molecule has 0 radical (unpaired) electrons. The number of hydrogen-bond acceptors (Lipinski definition) is 4. The van der Waals surface area contributed by atoms with Gasteiger partial charge < -0.3 is 14.5 Å². The molecule has 0 spiro atoms. The van der Waals surface area contributed by atoms with E-state index in [9.17, 15) is 0 Å². The van der Waals surface area contributed by atoms with Crippen LogP contribution in [0.25, 0.3) is 0 Å². The van der Waals surface area contributed by atoms with E-state index in [1.54, 1.807) is 5.01 Å². The molecule has 0 bridgehead atoms. The lowest BCUT2D eigenvalue weighted by Crippen LogP contribution is -2.42. The Labute approximate surface area is 99.9 Å². The molecule has 0 unspecified atom stereocenters. The summed E-state index contributed by atoms with van der Waals surface area (Å²) < 4.78 is 10.6. The Bertz CT molecular complexity index is 338. The first-order valence-corrected chi connectivity index (χ1v) is 5.61. The van der Waals surface area contributed by atoms with Crippen molar-refractivity contribution in [3.05, 3.63) is 29.3 Å². The zero-order chi connectivity index (χ0) is 11.5. The van der Waals surface area contributed by atoms with Crippen molar-refractivity contribution in [1.82, 2.24) is 0 Å². The topological polar surface area (TPSA) is 47.7 Å². The molecule has 16 heavy (non-hydrogen) atoms. The molecule has 2 rings (SSSR count). The van der Waals surface area contributed by atoms with Gasteiger partial charge in [0.25, 0.3) is 0 Å². The van der Waals surface area contributed by atoms with Crippen LogP contribution < -0.4 is 10.9 Å². The highest BCUT2D eigenvalue weighted by Gasteiger charge is 2.26. The zero-order valence-corrected chi connectivity index (χ0v) is 9.85. The molecule has 1 aromatic rings. The molecule has 1 aromatic carbocycles. The maximum absolute atomic E-state index is 5.89. The Morgan fingerprint density at radius 3 is 2.50 bits per heavy atom. The maximum atomic E-state index is 5.89. The standard InChI is InChI=1S/C11H15ClN2O2/c1-8-15-11(16-8)6-7-14(13)10-4-2-9(12)3-5-10/h2-5,8,11H,6-7,13H2,1H3. The van der Waals surface area contributed by atoms with Crippen molar-refractivity contribution in [1.29, 1.82) is 0 Å². The summed E-state index contributed by atoms with van der Waals surface area (Å²) in [6.45, 7) is 2.55. The van der Waals surface area contributed by atoms with Crippen LogP contribution in [0.2, 0.25) is 5.02 Å². The van der Waals surface area contributed by atoms with E-state index in [4.69, 9.17) is 26.9 Å². The van der Waals surface area contributed by atoms with Crippen LogP contribution in [0.5, 0.6) is 0 Å². The van der Waals surface area contributed by atoms with Gasteiger partial charge in [-0.05, 0) is 31.2 Å². The predicted octanol–water partition coefficient (Wildman–Crippen LogP) is 2.13. The van der Waals surface area contributed by atoms with Gasteiger partial charge >= 0.3 is 0 Å². The van der Waals surface area contributed by atoms with Crippen LogP contribution in [0.3, 0.4) is 0 Å². The monoisotopic (exact) mass is 242 g/mol. The highest BCUT2D eigenvalue weighted by Crippen LogP contribution is 2.20. The molecule has 0 saturated carbocycles. The number of nitrogens with two attached hydrogens (primary N) is 1. The van der Waals surface area contributed by atoms with E-state index in [1.807, 2.05) is 31.2 Å². The van der Waals surface area contributed by atoms with Crippen molar-refractivity contribution in [3.63, 3.8) is 0 Å². The molecule has 0 amide bonds. The van der Waals surface area contributed by atoms with Crippen molar-refractivity contribution >= 4 is 17.3 Å². The summed E-state index contributed by atoms with van der Waals surface area (Å²) in [4.78, 5) is 0. The van der Waals surface area contributed by atoms with Crippen molar-refractivity contribution in [2.75, 3.05) is 11.6 Å². The first-order valence-electron chi connectivity index (χ1n) is 5.24. The van der Waals surface area contributed by atoms with Gasteiger partial charge in [-0.3, -0.25) is 0 Å². The molecule has 1 aliphatic rings. The van der Waals surface area contributed by atoms with Crippen LogP contribution in [0.1, 0.15) is 13.3 Å². The number of anilines is 1. The lowest BCUT2D eigenvalue weighted by molar-refractivity contribution is -0.376. The third kappa shape index (κ3) is 2.86. The molecule has 4 nitrogen and oxygen atoms in total. The highest BCUT2D eigenvalue weighted by atomic mass is 35.5. The number of hydrogen-bond donors (Lipinski definition) is 1. The van der Waals surface area contributed by atoms with Gasteiger partial charge in [-0.15, -0.1) is 0 Å². The molecule has 88 valence electrons. The molecule has 5 heteroatoms. The van der Waals surface area contributed by atoms with Gasteiger partial charge in [-0.2, -0.15) is 0 Å². The first kappa shape index (κ1) is 11.7. The summed E-state index contributed by atoms with van der Waals surface area (Å²) in [7, 11) is 0. The van der Waals surface area contributed by atoms with Gasteiger partial charge in [0.2, 0.25) is 0 Å². The van der Waals surface area contributed by atoms with Crippen molar-refractivity contribution in [3.8, 4) is 0 Å². The Morgan fingerprint density at radius 1 is 1.31 bits per heavy atom. The first-order chi connectivity index (χ1) is 7.65. The molecule has 1 aliphatic heterocycles. The minimum absolute atomic E-state index is 0.0771. The number of benzene rings is 1. The minimum Gasteiger partial charge on any atom is -0.324 e. The van der Waals surface area contributed by atoms with Crippen molar-refractivity contribution in [2.24, 2.45) is 5.84 Å². The second kappa shape index (κ2) is 5.01.